The summed E-state index contributed by atoms with van der Waals surface area (Å²) in [6.45, 7) is 0.927. The van der Waals surface area contributed by atoms with Gasteiger partial charge in [0, 0.05) is 6.04 Å². The van der Waals surface area contributed by atoms with Gasteiger partial charge in [0.25, 0.3) is 0 Å². The first-order valence-electron chi connectivity index (χ1n) is 4.12. The number of hydrogen-bond acceptors (Lipinski definition) is 4. The molecule has 1 atom stereocenters. The Labute approximate surface area is 74.9 Å². The van der Waals surface area contributed by atoms with E-state index < -0.39 is 4.92 Å². The number of nitro groups is 1. The summed E-state index contributed by atoms with van der Waals surface area (Å²) in [5, 5.41) is 13.7. The van der Waals surface area contributed by atoms with E-state index in [4.69, 9.17) is 0 Å². The Morgan fingerprint density at radius 1 is 1.69 bits per heavy atom. The third-order valence-corrected chi connectivity index (χ3v) is 2.19. The molecule has 0 aliphatic carbocycles. The maximum Gasteiger partial charge on any atom is 0.368 e. The molecule has 2 rings (SSSR count). The molecular formula is C8H9N3O2. The van der Waals surface area contributed by atoms with Gasteiger partial charge in [-0.25, -0.2) is 0 Å². The Balaban J connectivity index is 2.36. The monoisotopic (exact) mass is 179 g/mol. The Bertz CT molecular complexity index is 336. The lowest BCUT2D eigenvalue weighted by Crippen LogP contribution is -2.35. The average Bonchev–Trinajstić information content (AvgIpc) is 2.02. The largest absolute Gasteiger partial charge is 0.368 e. The summed E-state index contributed by atoms with van der Waals surface area (Å²) < 4.78 is 0. The molecule has 1 N–H and O–H groups in total. The van der Waals surface area contributed by atoms with Crippen LogP contribution in [-0.4, -0.2) is 16.5 Å². The lowest BCUT2D eigenvalue weighted by Gasteiger charge is -2.26. The summed E-state index contributed by atoms with van der Waals surface area (Å²) in [7, 11) is 0. The summed E-state index contributed by atoms with van der Waals surface area (Å²) in [4.78, 5) is 13.9. The summed E-state index contributed by atoms with van der Waals surface area (Å²) in [5.74, 6) is -0.0281. The minimum Gasteiger partial charge on any atom is -0.358 e. The Morgan fingerprint density at radius 3 is 3.00 bits per heavy atom. The highest BCUT2D eigenvalue weighted by molar-refractivity contribution is 5.35. The Kier molecular flexibility index (Phi) is 1.94. The van der Waals surface area contributed by atoms with Crippen molar-refractivity contribution in [3.63, 3.8) is 0 Å². The molecule has 1 aliphatic rings. The standard InChI is InChI=1S/C8H9N3O2/c12-11(13)8-6(2-1-4-10-8)7-3-5-9-7/h1-2,4,7,9H,3,5H2/t7-/m0/s1. The molecule has 0 amide bonds. The summed E-state index contributed by atoms with van der Waals surface area (Å²) in [6, 6.07) is 3.60. The van der Waals surface area contributed by atoms with Crippen LogP contribution in [0.2, 0.25) is 0 Å². The van der Waals surface area contributed by atoms with Crippen molar-refractivity contribution in [1.82, 2.24) is 10.3 Å². The molecule has 0 radical (unpaired) electrons. The smallest absolute Gasteiger partial charge is 0.358 e. The van der Waals surface area contributed by atoms with Crippen LogP contribution in [0, 0.1) is 10.1 Å². The molecule has 1 saturated heterocycles. The number of rotatable bonds is 2. The van der Waals surface area contributed by atoms with E-state index in [-0.39, 0.29) is 11.9 Å². The van der Waals surface area contributed by atoms with Crippen molar-refractivity contribution in [1.29, 1.82) is 0 Å². The van der Waals surface area contributed by atoms with E-state index >= 15 is 0 Å². The molecule has 0 unspecified atom stereocenters. The van der Waals surface area contributed by atoms with Crippen molar-refractivity contribution in [2.24, 2.45) is 0 Å². The molecule has 1 fully saturated rings. The van der Waals surface area contributed by atoms with Gasteiger partial charge in [-0.15, -0.1) is 0 Å². The van der Waals surface area contributed by atoms with Crippen molar-refractivity contribution in [2.45, 2.75) is 12.5 Å². The van der Waals surface area contributed by atoms with Gasteiger partial charge in [-0.2, -0.15) is 0 Å². The van der Waals surface area contributed by atoms with Crippen molar-refractivity contribution in [3.05, 3.63) is 34.0 Å². The van der Waals surface area contributed by atoms with Gasteiger partial charge in [0.05, 0.1) is 5.56 Å². The van der Waals surface area contributed by atoms with Gasteiger partial charge in [-0.3, -0.25) is 0 Å². The molecule has 13 heavy (non-hydrogen) atoms. The predicted molar refractivity (Wildman–Crippen MR) is 46.3 cm³/mol. The van der Waals surface area contributed by atoms with Crippen LogP contribution in [0.3, 0.4) is 0 Å². The number of hydrogen-bond donors (Lipinski definition) is 1. The topological polar surface area (TPSA) is 68.1 Å². The molecule has 1 aromatic heterocycles. The van der Waals surface area contributed by atoms with E-state index in [1.807, 2.05) is 0 Å². The maximum absolute atomic E-state index is 10.6. The van der Waals surface area contributed by atoms with Gasteiger partial charge in [0.2, 0.25) is 0 Å². The third kappa shape index (κ3) is 1.38. The van der Waals surface area contributed by atoms with Gasteiger partial charge in [-0.05, 0) is 35.0 Å². The zero-order chi connectivity index (χ0) is 9.26. The van der Waals surface area contributed by atoms with Crippen LogP contribution in [0.5, 0.6) is 0 Å². The van der Waals surface area contributed by atoms with Crippen LogP contribution in [0.25, 0.3) is 0 Å². The molecule has 1 aliphatic heterocycles. The second-order valence-electron chi connectivity index (χ2n) is 2.97. The first kappa shape index (κ1) is 8.12. The van der Waals surface area contributed by atoms with Crippen LogP contribution in [0.4, 0.5) is 5.82 Å². The van der Waals surface area contributed by atoms with Gasteiger partial charge in [0.15, 0.2) is 0 Å². The summed E-state index contributed by atoms with van der Waals surface area (Å²) >= 11 is 0. The number of pyridine rings is 1. The van der Waals surface area contributed by atoms with Crippen LogP contribution < -0.4 is 5.32 Å². The van der Waals surface area contributed by atoms with Crippen molar-refractivity contribution >= 4 is 5.82 Å². The van der Waals surface area contributed by atoms with E-state index in [9.17, 15) is 10.1 Å². The normalized spacial score (nSPS) is 20.8. The first-order valence-corrected chi connectivity index (χ1v) is 4.12. The van der Waals surface area contributed by atoms with Crippen LogP contribution >= 0.6 is 0 Å². The second kappa shape index (κ2) is 3.10. The highest BCUT2D eigenvalue weighted by atomic mass is 16.6. The van der Waals surface area contributed by atoms with Crippen molar-refractivity contribution in [2.75, 3.05) is 6.54 Å². The summed E-state index contributed by atoms with van der Waals surface area (Å²) in [5.41, 5.74) is 0.693. The van der Waals surface area contributed by atoms with E-state index in [0.29, 0.717) is 5.56 Å². The zero-order valence-corrected chi connectivity index (χ0v) is 6.93. The number of nitrogens with zero attached hydrogens (tertiary/aromatic N) is 2. The fraction of sp³-hybridized carbons (Fsp3) is 0.375. The third-order valence-electron chi connectivity index (χ3n) is 2.19. The van der Waals surface area contributed by atoms with Gasteiger partial charge < -0.3 is 15.4 Å². The Hall–Kier alpha value is -1.49. The van der Waals surface area contributed by atoms with Crippen molar-refractivity contribution in [3.8, 4) is 0 Å². The molecule has 0 aromatic carbocycles. The van der Waals surface area contributed by atoms with Crippen LogP contribution in [0.1, 0.15) is 18.0 Å². The second-order valence-corrected chi connectivity index (χ2v) is 2.97. The number of nitrogens with one attached hydrogen (secondary N) is 1. The molecule has 5 heteroatoms. The molecule has 0 spiro atoms. The van der Waals surface area contributed by atoms with Crippen LogP contribution in [0.15, 0.2) is 18.3 Å². The summed E-state index contributed by atoms with van der Waals surface area (Å²) in [6.07, 6.45) is 2.40. The highest BCUT2D eigenvalue weighted by Crippen LogP contribution is 2.28. The predicted octanol–water partition coefficient (Wildman–Crippen LogP) is 1.02. The van der Waals surface area contributed by atoms with E-state index in [1.54, 1.807) is 12.1 Å². The molecule has 0 bridgehead atoms. The fourth-order valence-electron chi connectivity index (χ4n) is 1.39. The molecule has 0 saturated carbocycles. The lowest BCUT2D eigenvalue weighted by atomic mass is 9.99. The first-order chi connectivity index (χ1) is 6.29. The minimum atomic E-state index is -0.435. The zero-order valence-electron chi connectivity index (χ0n) is 6.93. The SMILES string of the molecule is O=[N+]([O-])c1ncccc1[C@@H]1CCN1. The van der Waals surface area contributed by atoms with Crippen LogP contribution in [-0.2, 0) is 0 Å². The molecule has 68 valence electrons. The molecular weight excluding hydrogens is 170 g/mol. The molecule has 5 nitrogen and oxygen atoms in total. The minimum absolute atomic E-state index is 0.0281. The van der Waals surface area contributed by atoms with Gasteiger partial charge in [0.1, 0.15) is 6.20 Å². The maximum atomic E-state index is 10.6. The van der Waals surface area contributed by atoms with Crippen molar-refractivity contribution < 1.29 is 4.92 Å². The van der Waals surface area contributed by atoms with Gasteiger partial charge >= 0.3 is 5.82 Å². The fourth-order valence-corrected chi connectivity index (χ4v) is 1.39. The van der Waals surface area contributed by atoms with E-state index in [1.165, 1.54) is 6.20 Å². The Morgan fingerprint density at radius 2 is 2.46 bits per heavy atom. The molecule has 1 aromatic rings. The molecule has 2 heterocycles. The van der Waals surface area contributed by atoms with E-state index in [2.05, 4.69) is 10.3 Å². The highest BCUT2D eigenvalue weighted by Gasteiger charge is 2.26. The number of aromatic nitrogens is 1. The van der Waals surface area contributed by atoms with E-state index in [0.717, 1.165) is 13.0 Å². The lowest BCUT2D eigenvalue weighted by molar-refractivity contribution is -0.390. The quantitative estimate of drug-likeness (QED) is 0.543. The average molecular weight is 179 g/mol. The van der Waals surface area contributed by atoms with Gasteiger partial charge in [-0.1, -0.05) is 0 Å².